The number of nitrogens with zero attached hydrogens (tertiary/aromatic N) is 1. The van der Waals surface area contributed by atoms with Gasteiger partial charge in [-0.1, -0.05) is 48.0 Å². The van der Waals surface area contributed by atoms with Crippen LogP contribution >= 0.6 is 11.6 Å². The highest BCUT2D eigenvalue weighted by atomic mass is 35.5. The monoisotopic (exact) mass is 449 g/mol. The first-order valence-corrected chi connectivity index (χ1v) is 9.91. The van der Waals surface area contributed by atoms with Gasteiger partial charge >= 0.3 is 6.09 Å². The highest BCUT2D eigenvalue weighted by Crippen LogP contribution is 2.16. The van der Waals surface area contributed by atoms with Gasteiger partial charge in [0.25, 0.3) is 5.91 Å². The molecule has 0 spiro atoms. The molecule has 0 heterocycles. The number of hydrogen-bond acceptors (Lipinski definition) is 5. The number of amides is 2. The summed E-state index contributed by atoms with van der Waals surface area (Å²) in [4.78, 5) is 24.7. The van der Waals surface area contributed by atoms with Crippen LogP contribution in [0.4, 0.5) is 9.18 Å². The number of hydrogen-bond donors (Lipinski definition) is 2. The Morgan fingerprint density at radius 3 is 2.52 bits per heavy atom. The fourth-order valence-electron chi connectivity index (χ4n) is 2.37. The molecule has 0 aliphatic rings. The van der Waals surface area contributed by atoms with Crippen LogP contribution in [0.3, 0.4) is 0 Å². The Morgan fingerprint density at radius 1 is 1.16 bits per heavy atom. The largest absolute Gasteiger partial charge is 0.444 e. The number of carbonyl (C=O) groups excluding carboxylic acids is 2. The fourth-order valence-corrected chi connectivity index (χ4v) is 2.59. The average Bonchev–Trinajstić information content (AvgIpc) is 2.68. The molecule has 31 heavy (non-hydrogen) atoms. The van der Waals surface area contributed by atoms with Crippen molar-refractivity contribution in [2.45, 2.75) is 39.0 Å². The number of benzene rings is 2. The predicted octanol–water partition coefficient (Wildman–Crippen LogP) is 4.04. The number of alkyl carbamates (subject to hydrolysis) is 1. The van der Waals surface area contributed by atoms with Crippen LogP contribution in [-0.4, -0.2) is 36.5 Å². The second kappa shape index (κ2) is 11.4. The van der Waals surface area contributed by atoms with Gasteiger partial charge in [0.1, 0.15) is 17.5 Å². The van der Waals surface area contributed by atoms with Gasteiger partial charge in [-0.3, -0.25) is 4.79 Å². The SMILES string of the molecule is CC(C)(C)OC(=O)NC(COCc1ccccc1)C(=O)NN=Cc1c(F)cccc1Cl. The van der Waals surface area contributed by atoms with Crippen molar-refractivity contribution in [3.8, 4) is 0 Å². The Balaban J connectivity index is 2.01. The zero-order valence-corrected chi connectivity index (χ0v) is 18.3. The molecule has 0 aromatic heterocycles. The minimum atomic E-state index is -1.09. The number of ether oxygens (including phenoxy) is 2. The van der Waals surface area contributed by atoms with Crippen LogP contribution in [0.2, 0.25) is 5.02 Å². The minimum absolute atomic E-state index is 0.0291. The van der Waals surface area contributed by atoms with Gasteiger partial charge in [0.05, 0.1) is 24.5 Å². The molecule has 0 aliphatic heterocycles. The summed E-state index contributed by atoms with van der Waals surface area (Å²) in [5, 5.41) is 6.34. The molecule has 2 aromatic rings. The first-order chi connectivity index (χ1) is 14.7. The topological polar surface area (TPSA) is 89.0 Å². The van der Waals surface area contributed by atoms with Gasteiger partial charge < -0.3 is 14.8 Å². The van der Waals surface area contributed by atoms with Crippen molar-refractivity contribution in [1.82, 2.24) is 10.7 Å². The first kappa shape index (κ1) is 24.3. The van der Waals surface area contributed by atoms with E-state index >= 15 is 0 Å². The van der Waals surface area contributed by atoms with Crippen LogP contribution in [-0.2, 0) is 20.9 Å². The Kier molecular flexibility index (Phi) is 8.96. The van der Waals surface area contributed by atoms with Gasteiger partial charge in [-0.2, -0.15) is 5.10 Å². The molecule has 7 nitrogen and oxygen atoms in total. The van der Waals surface area contributed by atoms with E-state index in [1.165, 1.54) is 18.2 Å². The number of carbonyl (C=O) groups is 2. The van der Waals surface area contributed by atoms with Crippen molar-refractivity contribution in [1.29, 1.82) is 0 Å². The summed E-state index contributed by atoms with van der Waals surface area (Å²) in [6.07, 6.45) is 0.308. The predicted molar refractivity (Wildman–Crippen MR) is 116 cm³/mol. The summed E-state index contributed by atoms with van der Waals surface area (Å²) in [7, 11) is 0. The van der Waals surface area contributed by atoms with E-state index in [9.17, 15) is 14.0 Å². The zero-order valence-electron chi connectivity index (χ0n) is 17.5. The Morgan fingerprint density at radius 2 is 1.87 bits per heavy atom. The molecule has 0 aliphatic carbocycles. The molecule has 0 radical (unpaired) electrons. The molecular weight excluding hydrogens is 425 g/mol. The molecule has 1 unspecified atom stereocenters. The maximum Gasteiger partial charge on any atom is 0.408 e. The Hall–Kier alpha value is -2.97. The van der Waals surface area contributed by atoms with Crippen LogP contribution in [0.15, 0.2) is 53.6 Å². The third kappa shape index (κ3) is 8.74. The van der Waals surface area contributed by atoms with Crippen molar-refractivity contribution in [2.75, 3.05) is 6.61 Å². The van der Waals surface area contributed by atoms with E-state index < -0.39 is 29.5 Å². The molecule has 9 heteroatoms. The zero-order chi connectivity index (χ0) is 22.9. The molecular formula is C22H25ClFN3O4. The van der Waals surface area contributed by atoms with E-state index in [1.54, 1.807) is 20.8 Å². The Bertz CT molecular complexity index is 896. The van der Waals surface area contributed by atoms with E-state index in [4.69, 9.17) is 21.1 Å². The van der Waals surface area contributed by atoms with Crippen molar-refractivity contribution >= 4 is 29.8 Å². The maximum atomic E-state index is 13.8. The third-order valence-electron chi connectivity index (χ3n) is 3.77. The maximum absolute atomic E-state index is 13.8. The summed E-state index contributed by atoms with van der Waals surface area (Å²) in [6, 6.07) is 12.4. The lowest BCUT2D eigenvalue weighted by Gasteiger charge is -2.22. The number of hydrazone groups is 1. The van der Waals surface area contributed by atoms with Gasteiger partial charge in [-0.25, -0.2) is 14.6 Å². The fraction of sp³-hybridized carbons (Fsp3) is 0.318. The van der Waals surface area contributed by atoms with E-state index in [-0.39, 0.29) is 23.8 Å². The molecule has 0 fully saturated rings. The molecule has 2 N–H and O–H groups in total. The van der Waals surface area contributed by atoms with Gasteiger partial charge in [-0.15, -0.1) is 0 Å². The van der Waals surface area contributed by atoms with E-state index in [2.05, 4.69) is 15.8 Å². The molecule has 0 saturated carbocycles. The standard InChI is InChI=1S/C22H25ClFN3O4/c1-22(2,3)31-21(29)26-19(14-30-13-15-8-5-4-6-9-15)20(28)27-25-12-16-17(23)10-7-11-18(16)24/h4-12,19H,13-14H2,1-3H3,(H,26,29)(H,27,28). The molecule has 0 saturated heterocycles. The lowest BCUT2D eigenvalue weighted by atomic mass is 10.2. The Labute approximate surface area is 185 Å². The van der Waals surface area contributed by atoms with Crippen LogP contribution in [0, 0.1) is 5.82 Å². The highest BCUT2D eigenvalue weighted by molar-refractivity contribution is 6.33. The van der Waals surface area contributed by atoms with E-state index in [0.717, 1.165) is 11.8 Å². The molecule has 166 valence electrons. The second-order valence-electron chi connectivity index (χ2n) is 7.57. The van der Waals surface area contributed by atoms with Crippen molar-refractivity contribution < 1.29 is 23.5 Å². The molecule has 2 amide bonds. The van der Waals surface area contributed by atoms with Crippen molar-refractivity contribution in [3.05, 3.63) is 70.5 Å². The summed E-state index contributed by atoms with van der Waals surface area (Å²) in [6.45, 7) is 5.23. The summed E-state index contributed by atoms with van der Waals surface area (Å²) < 4.78 is 24.6. The molecule has 2 aromatic carbocycles. The quantitative estimate of drug-likeness (QED) is 0.470. The molecule has 2 rings (SSSR count). The summed E-state index contributed by atoms with van der Waals surface area (Å²) in [5.41, 5.74) is 2.45. The van der Waals surface area contributed by atoms with Gasteiger partial charge in [0.15, 0.2) is 0 Å². The normalized spacial score (nSPS) is 12.4. The summed E-state index contributed by atoms with van der Waals surface area (Å²) >= 11 is 5.93. The van der Waals surface area contributed by atoms with Gasteiger partial charge in [-0.05, 0) is 38.5 Å². The van der Waals surface area contributed by atoms with Crippen LogP contribution in [0.1, 0.15) is 31.9 Å². The van der Waals surface area contributed by atoms with E-state index in [0.29, 0.717) is 0 Å². The third-order valence-corrected chi connectivity index (χ3v) is 4.10. The van der Waals surface area contributed by atoms with Crippen molar-refractivity contribution in [2.24, 2.45) is 5.10 Å². The smallest absolute Gasteiger partial charge is 0.408 e. The average molecular weight is 450 g/mol. The van der Waals surface area contributed by atoms with E-state index in [1.807, 2.05) is 30.3 Å². The van der Waals surface area contributed by atoms with Crippen LogP contribution in [0.5, 0.6) is 0 Å². The number of nitrogens with one attached hydrogen (secondary N) is 2. The lowest BCUT2D eigenvalue weighted by molar-refractivity contribution is -0.124. The second-order valence-corrected chi connectivity index (χ2v) is 7.98. The van der Waals surface area contributed by atoms with Crippen molar-refractivity contribution in [3.63, 3.8) is 0 Å². The van der Waals surface area contributed by atoms with Crippen LogP contribution < -0.4 is 10.7 Å². The number of halogens is 2. The molecule has 0 bridgehead atoms. The first-order valence-electron chi connectivity index (χ1n) is 9.54. The van der Waals surface area contributed by atoms with Crippen LogP contribution in [0.25, 0.3) is 0 Å². The number of rotatable bonds is 8. The summed E-state index contributed by atoms with van der Waals surface area (Å²) in [5.74, 6) is -1.25. The van der Waals surface area contributed by atoms with Gasteiger partial charge in [0, 0.05) is 5.56 Å². The molecule has 1 atom stereocenters. The minimum Gasteiger partial charge on any atom is -0.444 e. The highest BCUT2D eigenvalue weighted by Gasteiger charge is 2.24. The lowest BCUT2D eigenvalue weighted by Crippen LogP contribution is -2.49. The van der Waals surface area contributed by atoms with Gasteiger partial charge in [0.2, 0.25) is 0 Å².